The van der Waals surface area contributed by atoms with E-state index >= 15 is 0 Å². The Morgan fingerprint density at radius 2 is 2.17 bits per heavy atom. The van der Waals surface area contributed by atoms with Gasteiger partial charge in [-0.1, -0.05) is 22.0 Å². The molecule has 1 heterocycles. The van der Waals surface area contributed by atoms with Gasteiger partial charge in [-0.25, -0.2) is 4.79 Å². The SMILES string of the molecule is C=CCN1C(=O)/C(=C\c2cc(Br)ccc2O)C(C(=O)OC)=C1C. The topological polar surface area (TPSA) is 66.8 Å². The molecule has 0 unspecified atom stereocenters. The van der Waals surface area contributed by atoms with E-state index in [1.54, 1.807) is 25.1 Å². The molecule has 1 aliphatic heterocycles. The number of aromatic hydroxyl groups is 1. The number of esters is 1. The van der Waals surface area contributed by atoms with Gasteiger partial charge in [-0.05, 0) is 31.2 Å². The van der Waals surface area contributed by atoms with Gasteiger partial charge in [0.05, 0.1) is 18.3 Å². The Balaban J connectivity index is 2.60. The van der Waals surface area contributed by atoms with Crippen LogP contribution in [0.25, 0.3) is 6.08 Å². The van der Waals surface area contributed by atoms with Gasteiger partial charge in [-0.2, -0.15) is 0 Å². The van der Waals surface area contributed by atoms with E-state index in [9.17, 15) is 14.7 Å². The van der Waals surface area contributed by atoms with Crippen LogP contribution in [-0.2, 0) is 14.3 Å². The van der Waals surface area contributed by atoms with Crippen LogP contribution >= 0.6 is 15.9 Å². The van der Waals surface area contributed by atoms with E-state index in [0.717, 1.165) is 4.47 Å². The first-order valence-electron chi connectivity index (χ1n) is 6.83. The third kappa shape index (κ3) is 3.22. The Morgan fingerprint density at radius 3 is 2.78 bits per heavy atom. The minimum Gasteiger partial charge on any atom is -0.507 e. The van der Waals surface area contributed by atoms with Crippen LogP contribution in [0.2, 0.25) is 0 Å². The molecule has 0 aliphatic carbocycles. The van der Waals surface area contributed by atoms with Crippen LogP contribution in [-0.4, -0.2) is 35.5 Å². The third-order valence-electron chi connectivity index (χ3n) is 3.50. The molecule has 1 N–H and O–H groups in total. The fourth-order valence-electron chi connectivity index (χ4n) is 2.37. The smallest absolute Gasteiger partial charge is 0.340 e. The normalized spacial score (nSPS) is 16.2. The van der Waals surface area contributed by atoms with Crippen molar-refractivity contribution in [2.24, 2.45) is 0 Å². The lowest BCUT2D eigenvalue weighted by Crippen LogP contribution is -2.24. The van der Waals surface area contributed by atoms with Crippen LogP contribution in [0, 0.1) is 0 Å². The number of phenolic OH excluding ortho intramolecular Hbond substituents is 1. The molecule has 6 heteroatoms. The van der Waals surface area contributed by atoms with Crippen LogP contribution in [0.3, 0.4) is 0 Å². The number of benzene rings is 1. The maximum absolute atomic E-state index is 12.6. The number of amides is 1. The summed E-state index contributed by atoms with van der Waals surface area (Å²) in [7, 11) is 1.26. The van der Waals surface area contributed by atoms with Crippen molar-refractivity contribution in [2.45, 2.75) is 6.92 Å². The molecule has 23 heavy (non-hydrogen) atoms. The van der Waals surface area contributed by atoms with E-state index in [-0.39, 0.29) is 29.3 Å². The zero-order valence-corrected chi connectivity index (χ0v) is 14.4. The van der Waals surface area contributed by atoms with E-state index in [4.69, 9.17) is 4.74 Å². The molecule has 1 amide bonds. The van der Waals surface area contributed by atoms with Gasteiger partial charge in [0.1, 0.15) is 5.75 Å². The van der Waals surface area contributed by atoms with E-state index < -0.39 is 5.97 Å². The Hall–Kier alpha value is -2.34. The van der Waals surface area contributed by atoms with Crippen molar-refractivity contribution in [1.82, 2.24) is 4.90 Å². The van der Waals surface area contributed by atoms with Crippen molar-refractivity contribution >= 4 is 33.9 Å². The van der Waals surface area contributed by atoms with Gasteiger partial charge >= 0.3 is 5.97 Å². The Morgan fingerprint density at radius 1 is 1.48 bits per heavy atom. The van der Waals surface area contributed by atoms with Crippen LogP contribution < -0.4 is 0 Å². The average molecular weight is 378 g/mol. The lowest BCUT2D eigenvalue weighted by Gasteiger charge is -2.14. The highest BCUT2D eigenvalue weighted by molar-refractivity contribution is 9.10. The molecule has 120 valence electrons. The predicted octanol–water partition coefficient (Wildman–Crippen LogP) is 3.01. The number of carbonyl (C=O) groups is 2. The zero-order chi connectivity index (χ0) is 17.1. The number of hydrogen-bond donors (Lipinski definition) is 1. The second-order valence-corrected chi connectivity index (χ2v) is 5.83. The first kappa shape index (κ1) is 17.0. The fraction of sp³-hybridized carbons (Fsp3) is 0.176. The number of allylic oxidation sites excluding steroid dienone is 1. The summed E-state index contributed by atoms with van der Waals surface area (Å²) in [4.78, 5) is 26.1. The molecule has 0 spiro atoms. The molecule has 1 aromatic carbocycles. The molecule has 0 saturated heterocycles. The molecule has 0 bridgehead atoms. The first-order chi connectivity index (χ1) is 10.9. The average Bonchev–Trinajstić information content (AvgIpc) is 2.75. The molecule has 5 nitrogen and oxygen atoms in total. The second-order valence-electron chi connectivity index (χ2n) is 4.92. The number of halogens is 1. The summed E-state index contributed by atoms with van der Waals surface area (Å²) in [6.45, 7) is 5.58. The van der Waals surface area contributed by atoms with Crippen molar-refractivity contribution in [3.63, 3.8) is 0 Å². The molecule has 1 aliphatic rings. The highest BCUT2D eigenvalue weighted by Crippen LogP contribution is 2.33. The molecule has 0 fully saturated rings. The van der Waals surface area contributed by atoms with Crippen LogP contribution in [0.5, 0.6) is 5.75 Å². The van der Waals surface area contributed by atoms with E-state index in [1.807, 2.05) is 0 Å². The first-order valence-corrected chi connectivity index (χ1v) is 7.62. The summed E-state index contributed by atoms with van der Waals surface area (Å²) >= 11 is 3.31. The molecule has 0 aromatic heterocycles. The van der Waals surface area contributed by atoms with Crippen molar-refractivity contribution in [3.05, 3.63) is 57.7 Å². The van der Waals surface area contributed by atoms with Gasteiger partial charge in [0, 0.05) is 22.3 Å². The van der Waals surface area contributed by atoms with Crippen molar-refractivity contribution in [2.75, 3.05) is 13.7 Å². The molecule has 0 radical (unpaired) electrons. The van der Waals surface area contributed by atoms with Crippen molar-refractivity contribution in [1.29, 1.82) is 0 Å². The van der Waals surface area contributed by atoms with Crippen molar-refractivity contribution in [3.8, 4) is 5.75 Å². The largest absolute Gasteiger partial charge is 0.507 e. The molecular formula is C17H16BrNO4. The van der Waals surface area contributed by atoms with Gasteiger partial charge in [0.25, 0.3) is 5.91 Å². The number of carbonyl (C=O) groups excluding carboxylic acids is 2. The summed E-state index contributed by atoms with van der Waals surface area (Å²) in [5.41, 5.74) is 1.31. The standard InChI is InChI=1S/C17H16BrNO4/c1-4-7-19-10(2)15(17(22)23-3)13(16(19)21)9-11-8-12(18)5-6-14(11)20/h4-6,8-9,20H,1,7H2,2-3H3/b13-9-. The lowest BCUT2D eigenvalue weighted by molar-refractivity contribution is -0.136. The number of ether oxygens (including phenoxy) is 1. The summed E-state index contributed by atoms with van der Waals surface area (Å²) in [6.07, 6.45) is 3.07. The molecule has 0 saturated carbocycles. The quantitative estimate of drug-likeness (QED) is 0.497. The summed E-state index contributed by atoms with van der Waals surface area (Å²) in [5, 5.41) is 9.96. The maximum Gasteiger partial charge on any atom is 0.340 e. The van der Waals surface area contributed by atoms with Gasteiger partial charge in [0.15, 0.2) is 0 Å². The third-order valence-corrected chi connectivity index (χ3v) is 4.00. The Bertz CT molecular complexity index is 749. The second kappa shape index (κ2) is 6.83. The minimum atomic E-state index is -0.594. The van der Waals surface area contributed by atoms with E-state index in [1.165, 1.54) is 24.2 Å². The zero-order valence-electron chi connectivity index (χ0n) is 12.8. The lowest BCUT2D eigenvalue weighted by atomic mass is 10.0. The fourth-order valence-corrected chi connectivity index (χ4v) is 2.75. The minimum absolute atomic E-state index is 0.0116. The van der Waals surface area contributed by atoms with Crippen molar-refractivity contribution < 1.29 is 19.4 Å². The molecule has 2 rings (SSSR count). The van der Waals surface area contributed by atoms with Gasteiger partial charge < -0.3 is 14.7 Å². The summed E-state index contributed by atoms with van der Waals surface area (Å²) in [6, 6.07) is 4.85. The van der Waals surface area contributed by atoms with Gasteiger partial charge in [-0.15, -0.1) is 6.58 Å². The molecule has 0 atom stereocenters. The van der Waals surface area contributed by atoms with Gasteiger partial charge in [-0.3, -0.25) is 4.79 Å². The molecular weight excluding hydrogens is 362 g/mol. The summed E-state index contributed by atoms with van der Waals surface area (Å²) in [5.74, 6) is -0.914. The highest BCUT2D eigenvalue weighted by Gasteiger charge is 2.36. The van der Waals surface area contributed by atoms with Crippen LogP contribution in [0.15, 0.2) is 52.2 Å². The van der Waals surface area contributed by atoms with Crippen LogP contribution in [0.1, 0.15) is 12.5 Å². The predicted molar refractivity (Wildman–Crippen MR) is 90.4 cm³/mol. The Kier molecular flexibility index (Phi) is 5.05. The number of hydrogen-bond acceptors (Lipinski definition) is 4. The molecule has 1 aromatic rings. The number of phenols is 1. The number of rotatable bonds is 4. The summed E-state index contributed by atoms with van der Waals surface area (Å²) < 4.78 is 5.53. The van der Waals surface area contributed by atoms with E-state index in [2.05, 4.69) is 22.5 Å². The van der Waals surface area contributed by atoms with Crippen LogP contribution in [0.4, 0.5) is 0 Å². The van der Waals surface area contributed by atoms with Gasteiger partial charge in [0.2, 0.25) is 0 Å². The van der Waals surface area contributed by atoms with E-state index in [0.29, 0.717) is 11.3 Å². The highest BCUT2D eigenvalue weighted by atomic mass is 79.9. The maximum atomic E-state index is 12.6. The number of methoxy groups -OCH3 is 1. The monoisotopic (exact) mass is 377 g/mol. The number of nitrogens with zero attached hydrogens (tertiary/aromatic N) is 1. The Labute approximate surface area is 142 Å².